The molecule has 1 atom stereocenters. The third-order valence-electron chi connectivity index (χ3n) is 1.42. The Bertz CT molecular complexity index is 193. The summed E-state index contributed by atoms with van der Waals surface area (Å²) in [5.74, 6) is -0.479. The minimum atomic E-state index is -0.989. The number of thiol groups is 3. The van der Waals surface area contributed by atoms with Crippen molar-refractivity contribution in [2.75, 3.05) is 19.8 Å². The molecule has 0 aliphatic rings. The monoisotopic (exact) mass is 272 g/mol. The Labute approximate surface area is 106 Å². The number of aliphatic hydroxyl groups is 1. The Hall–Kier alpha value is 0.440. The molecule has 1 N–H and O–H groups in total. The zero-order valence-corrected chi connectivity index (χ0v) is 11.1. The molecule has 0 rings (SSSR count). The number of hydrogen-bond donors (Lipinski definition) is 4. The molecule has 0 aliphatic carbocycles. The summed E-state index contributed by atoms with van der Waals surface area (Å²) >= 11 is 11.8. The molecule has 4 nitrogen and oxygen atoms in total. The zero-order valence-electron chi connectivity index (χ0n) is 8.42. The molecule has 0 aliphatic heterocycles. The van der Waals surface area contributed by atoms with Crippen LogP contribution in [0.15, 0.2) is 0 Å². The van der Waals surface area contributed by atoms with Crippen LogP contribution in [0.4, 0.5) is 0 Å². The third-order valence-corrected chi connectivity index (χ3v) is 1.89. The van der Waals surface area contributed by atoms with Crippen LogP contribution in [0.2, 0.25) is 0 Å². The molecule has 1 unspecified atom stereocenters. The van der Waals surface area contributed by atoms with Crippen molar-refractivity contribution in [1.29, 1.82) is 0 Å². The van der Waals surface area contributed by atoms with Gasteiger partial charge in [0.2, 0.25) is 0 Å². The van der Waals surface area contributed by atoms with Gasteiger partial charge < -0.3 is 14.6 Å². The molecule has 0 amide bonds. The first-order valence-electron chi connectivity index (χ1n) is 4.44. The van der Waals surface area contributed by atoms with Crippen LogP contribution in [0.3, 0.4) is 0 Å². The highest BCUT2D eigenvalue weighted by molar-refractivity contribution is 8.17. The Morgan fingerprint density at radius 3 is 2.47 bits per heavy atom. The Balaban J connectivity index is 3.78. The van der Waals surface area contributed by atoms with Gasteiger partial charge in [0.25, 0.3) is 0 Å². The largest absolute Gasteiger partial charge is 0.463 e. The highest BCUT2D eigenvalue weighted by atomic mass is 32.2. The van der Waals surface area contributed by atoms with E-state index in [1.165, 1.54) is 0 Å². The predicted molar refractivity (Wildman–Crippen MR) is 67.8 cm³/mol. The number of hydrogen-bond acceptors (Lipinski definition) is 7. The molecule has 0 fully saturated rings. The van der Waals surface area contributed by atoms with Gasteiger partial charge in [-0.2, -0.15) is 37.9 Å². The fourth-order valence-corrected chi connectivity index (χ4v) is 1.21. The summed E-state index contributed by atoms with van der Waals surface area (Å²) < 4.78 is 8.95. The highest BCUT2D eigenvalue weighted by Gasteiger charge is 2.21. The van der Waals surface area contributed by atoms with E-state index in [2.05, 4.69) is 37.9 Å². The van der Waals surface area contributed by atoms with Crippen LogP contribution in [0.5, 0.6) is 0 Å². The molecule has 7 heteroatoms. The van der Waals surface area contributed by atoms with Crippen LogP contribution in [0.1, 0.15) is 13.3 Å². The molecule has 0 bridgehead atoms. The van der Waals surface area contributed by atoms with Crippen molar-refractivity contribution in [3.8, 4) is 0 Å². The molecule has 0 spiro atoms. The number of carbonyl (C=O) groups excluding carboxylic acids is 1. The van der Waals surface area contributed by atoms with Crippen molar-refractivity contribution in [3.63, 3.8) is 0 Å². The van der Waals surface area contributed by atoms with E-state index in [9.17, 15) is 4.79 Å². The lowest BCUT2D eigenvalue weighted by atomic mass is 10.4. The van der Waals surface area contributed by atoms with Gasteiger partial charge in [-0.05, 0) is 6.92 Å². The molecular formula is C8H16O4S3. The average molecular weight is 272 g/mol. The zero-order chi connectivity index (χ0) is 11.9. The van der Waals surface area contributed by atoms with Gasteiger partial charge in [0.05, 0.1) is 13.0 Å². The molecule has 0 heterocycles. The molecule has 0 radical (unpaired) electrons. The number of rotatable bonds is 7. The second-order valence-corrected chi connectivity index (χ2v) is 6.24. The predicted octanol–water partition coefficient (Wildman–Crippen LogP) is 0.760. The van der Waals surface area contributed by atoms with Gasteiger partial charge >= 0.3 is 5.97 Å². The Morgan fingerprint density at radius 2 is 2.07 bits per heavy atom. The van der Waals surface area contributed by atoms with Gasteiger partial charge in [-0.15, -0.1) is 0 Å². The summed E-state index contributed by atoms with van der Waals surface area (Å²) in [7, 11) is 0. The quantitative estimate of drug-likeness (QED) is 0.314. The highest BCUT2D eigenvalue weighted by Crippen LogP contribution is 2.28. The van der Waals surface area contributed by atoms with Crippen molar-refractivity contribution >= 4 is 43.9 Å². The van der Waals surface area contributed by atoms with Gasteiger partial charge in [-0.1, -0.05) is 0 Å². The summed E-state index contributed by atoms with van der Waals surface area (Å²) in [6, 6.07) is 0. The summed E-state index contributed by atoms with van der Waals surface area (Å²) in [6.07, 6.45) is -0.514. The second kappa shape index (κ2) is 7.67. The van der Waals surface area contributed by atoms with Gasteiger partial charge in [-0.3, -0.25) is 4.79 Å². The van der Waals surface area contributed by atoms with Crippen LogP contribution in [0, 0.1) is 0 Å². The molecule has 0 aromatic rings. The lowest BCUT2D eigenvalue weighted by Gasteiger charge is -2.17. The molecule has 90 valence electrons. The molecular weight excluding hydrogens is 256 g/mol. The number of ether oxygens (including phenoxy) is 2. The van der Waals surface area contributed by atoms with Crippen molar-refractivity contribution in [1.82, 2.24) is 0 Å². The van der Waals surface area contributed by atoms with Gasteiger partial charge in [-0.25, -0.2) is 0 Å². The molecule has 0 aromatic carbocycles. The average Bonchev–Trinajstić information content (AvgIpc) is 2.09. The van der Waals surface area contributed by atoms with E-state index < -0.39 is 15.5 Å². The summed E-state index contributed by atoms with van der Waals surface area (Å²) in [5.41, 5.74) is 0. The summed E-state index contributed by atoms with van der Waals surface area (Å²) in [6.45, 7) is 2.09. The van der Waals surface area contributed by atoms with E-state index in [-0.39, 0.29) is 19.6 Å². The van der Waals surface area contributed by atoms with E-state index in [1.54, 1.807) is 6.92 Å². The van der Waals surface area contributed by atoms with Crippen LogP contribution in [-0.2, 0) is 14.3 Å². The topological polar surface area (TPSA) is 55.8 Å². The Kier molecular flexibility index (Phi) is 7.90. The van der Waals surface area contributed by atoms with Gasteiger partial charge in [0.1, 0.15) is 16.1 Å². The second-order valence-electron chi connectivity index (χ2n) is 2.89. The van der Waals surface area contributed by atoms with Gasteiger partial charge in [0.15, 0.2) is 0 Å². The van der Waals surface area contributed by atoms with Crippen molar-refractivity contribution in [3.05, 3.63) is 0 Å². The van der Waals surface area contributed by atoms with E-state index in [0.29, 0.717) is 6.61 Å². The summed E-state index contributed by atoms with van der Waals surface area (Å²) in [4.78, 5) is 11.2. The maximum atomic E-state index is 11.2. The van der Waals surface area contributed by atoms with Crippen molar-refractivity contribution < 1.29 is 19.4 Å². The van der Waals surface area contributed by atoms with Crippen LogP contribution in [0.25, 0.3) is 0 Å². The maximum Gasteiger partial charge on any atom is 0.309 e. The molecule has 0 saturated carbocycles. The van der Waals surface area contributed by atoms with E-state index in [4.69, 9.17) is 14.6 Å². The molecule has 0 aromatic heterocycles. The number of aliphatic hydroxyl groups excluding tert-OH is 1. The minimum absolute atomic E-state index is 0.0224. The van der Waals surface area contributed by atoms with Gasteiger partial charge in [0, 0.05) is 6.61 Å². The number of esters is 1. The first-order chi connectivity index (χ1) is 6.89. The van der Waals surface area contributed by atoms with Crippen LogP contribution >= 0.6 is 37.9 Å². The van der Waals surface area contributed by atoms with Crippen molar-refractivity contribution in [2.24, 2.45) is 0 Å². The SMILES string of the molecule is CCOC(CO)COC(=O)CC(S)(S)S. The third kappa shape index (κ3) is 9.37. The first-order valence-corrected chi connectivity index (χ1v) is 5.78. The van der Waals surface area contributed by atoms with Crippen LogP contribution in [-0.4, -0.2) is 40.4 Å². The standard InChI is InChI=1S/C8H16O4S3/c1-2-11-6(4-9)5-12-7(10)3-8(13,14)15/h6,9,13-15H,2-5H2,1H3. The van der Waals surface area contributed by atoms with E-state index in [0.717, 1.165) is 0 Å². The lowest BCUT2D eigenvalue weighted by molar-refractivity contribution is -0.148. The Morgan fingerprint density at radius 1 is 1.47 bits per heavy atom. The smallest absolute Gasteiger partial charge is 0.309 e. The lowest BCUT2D eigenvalue weighted by Crippen LogP contribution is -2.27. The molecule has 15 heavy (non-hydrogen) atoms. The fraction of sp³-hybridized carbons (Fsp3) is 0.875. The van der Waals surface area contributed by atoms with E-state index in [1.807, 2.05) is 0 Å². The molecule has 0 saturated heterocycles. The normalized spacial score (nSPS) is 13.7. The fourth-order valence-electron chi connectivity index (χ4n) is 0.820. The van der Waals surface area contributed by atoms with E-state index >= 15 is 0 Å². The van der Waals surface area contributed by atoms with Crippen molar-refractivity contribution in [2.45, 2.75) is 22.9 Å². The minimum Gasteiger partial charge on any atom is -0.463 e. The maximum absolute atomic E-state index is 11.2. The number of carbonyl (C=O) groups is 1. The van der Waals surface area contributed by atoms with Crippen LogP contribution < -0.4 is 0 Å². The first kappa shape index (κ1) is 15.4. The summed E-state index contributed by atoms with van der Waals surface area (Å²) in [5, 5.41) is 8.84.